The molecule has 1 saturated carbocycles. The molecule has 0 heterocycles. The van der Waals surface area contributed by atoms with Crippen molar-refractivity contribution in [1.82, 2.24) is 0 Å². The molecule has 3 atom stereocenters. The van der Waals surface area contributed by atoms with E-state index in [1.54, 1.807) is 0 Å². The van der Waals surface area contributed by atoms with Crippen LogP contribution in [-0.2, 0) is 0 Å². The van der Waals surface area contributed by atoms with E-state index in [2.05, 4.69) is 38.1 Å². The maximum absolute atomic E-state index is 5.86. The summed E-state index contributed by atoms with van der Waals surface area (Å²) in [7, 11) is 0. The molecule has 70 valence electrons. The first-order chi connectivity index (χ1) is 6.18. The Morgan fingerprint density at radius 1 is 1.46 bits per heavy atom. The summed E-state index contributed by atoms with van der Waals surface area (Å²) in [5, 5.41) is 0. The van der Waals surface area contributed by atoms with Crippen molar-refractivity contribution in [3.63, 3.8) is 0 Å². The minimum atomic E-state index is 0.352. The topological polar surface area (TPSA) is 26.0 Å². The molecule has 1 fully saturated rings. The second kappa shape index (κ2) is 3.15. The third-order valence-electron chi connectivity index (χ3n) is 2.99. The van der Waals surface area contributed by atoms with E-state index in [4.69, 9.17) is 5.73 Å². The van der Waals surface area contributed by atoms with Crippen molar-refractivity contribution in [2.75, 3.05) is 0 Å². The Hall–Kier alpha value is -0.820. The Morgan fingerprint density at radius 2 is 2.23 bits per heavy atom. The summed E-state index contributed by atoms with van der Waals surface area (Å²) < 4.78 is 0. The Labute approximate surface area is 80.0 Å². The second-order valence-electron chi connectivity index (χ2n) is 4.28. The van der Waals surface area contributed by atoms with Crippen molar-refractivity contribution in [2.45, 2.75) is 32.2 Å². The molecule has 0 radical (unpaired) electrons. The van der Waals surface area contributed by atoms with Crippen molar-refractivity contribution in [3.8, 4) is 0 Å². The molecule has 0 spiro atoms. The monoisotopic (exact) mass is 175 g/mol. The van der Waals surface area contributed by atoms with Gasteiger partial charge in [0.25, 0.3) is 0 Å². The van der Waals surface area contributed by atoms with Gasteiger partial charge >= 0.3 is 0 Å². The second-order valence-corrected chi connectivity index (χ2v) is 4.28. The molecule has 1 aromatic rings. The van der Waals surface area contributed by atoms with Gasteiger partial charge in [-0.2, -0.15) is 0 Å². The Bertz CT molecular complexity index is 304. The fourth-order valence-electron chi connectivity index (χ4n) is 2.08. The normalized spacial score (nSPS) is 28.5. The molecule has 1 aliphatic rings. The van der Waals surface area contributed by atoms with Crippen LogP contribution in [0.4, 0.5) is 0 Å². The molecule has 0 saturated heterocycles. The van der Waals surface area contributed by atoms with Crippen LogP contribution in [0.15, 0.2) is 24.3 Å². The maximum Gasteiger partial charge on any atom is 0.00448 e. The standard InChI is InChI=1S/C12H17N/c1-8-4-3-5-10(6-8)12-7-11(12)9(2)13/h3-6,9,11-12H,7,13H2,1-2H3/t9-,11+,12+/m1/s1. The fourth-order valence-corrected chi connectivity index (χ4v) is 2.08. The molecule has 2 rings (SSSR count). The van der Waals surface area contributed by atoms with Crippen LogP contribution in [0.5, 0.6) is 0 Å². The van der Waals surface area contributed by atoms with E-state index in [0.29, 0.717) is 6.04 Å². The summed E-state index contributed by atoms with van der Waals surface area (Å²) in [6, 6.07) is 9.15. The molecule has 0 amide bonds. The summed E-state index contributed by atoms with van der Waals surface area (Å²) in [6.07, 6.45) is 1.28. The zero-order valence-electron chi connectivity index (χ0n) is 8.33. The highest BCUT2D eigenvalue weighted by molar-refractivity contribution is 5.30. The molecule has 1 aliphatic carbocycles. The lowest BCUT2D eigenvalue weighted by molar-refractivity contribution is 0.631. The van der Waals surface area contributed by atoms with Crippen LogP contribution in [0.25, 0.3) is 0 Å². The van der Waals surface area contributed by atoms with Gasteiger partial charge in [-0.25, -0.2) is 0 Å². The van der Waals surface area contributed by atoms with Gasteiger partial charge in [0.2, 0.25) is 0 Å². The highest BCUT2D eigenvalue weighted by Gasteiger charge is 2.40. The van der Waals surface area contributed by atoms with Crippen molar-refractivity contribution < 1.29 is 0 Å². The first-order valence-electron chi connectivity index (χ1n) is 5.00. The number of hydrogen-bond acceptors (Lipinski definition) is 1. The molecular formula is C12H17N. The maximum atomic E-state index is 5.86. The average Bonchev–Trinajstić information content (AvgIpc) is 2.82. The van der Waals surface area contributed by atoms with Crippen LogP contribution in [0, 0.1) is 12.8 Å². The highest BCUT2D eigenvalue weighted by atomic mass is 14.7. The molecule has 2 N–H and O–H groups in total. The average molecular weight is 175 g/mol. The van der Waals surface area contributed by atoms with Gasteiger partial charge in [0, 0.05) is 6.04 Å². The van der Waals surface area contributed by atoms with Crippen LogP contribution >= 0.6 is 0 Å². The molecule has 1 heteroatoms. The minimum Gasteiger partial charge on any atom is -0.328 e. The van der Waals surface area contributed by atoms with E-state index < -0.39 is 0 Å². The van der Waals surface area contributed by atoms with Crippen molar-refractivity contribution >= 4 is 0 Å². The number of rotatable bonds is 2. The van der Waals surface area contributed by atoms with Crippen LogP contribution in [0.2, 0.25) is 0 Å². The third-order valence-corrected chi connectivity index (χ3v) is 2.99. The van der Waals surface area contributed by atoms with E-state index in [1.807, 2.05) is 0 Å². The minimum absolute atomic E-state index is 0.352. The Kier molecular flexibility index (Phi) is 2.12. The first kappa shape index (κ1) is 8.76. The van der Waals surface area contributed by atoms with Crippen LogP contribution < -0.4 is 5.73 Å². The van der Waals surface area contributed by atoms with Gasteiger partial charge in [-0.05, 0) is 37.7 Å². The van der Waals surface area contributed by atoms with Gasteiger partial charge < -0.3 is 5.73 Å². The van der Waals surface area contributed by atoms with E-state index in [-0.39, 0.29) is 0 Å². The van der Waals surface area contributed by atoms with Gasteiger partial charge in [0.1, 0.15) is 0 Å². The van der Waals surface area contributed by atoms with Gasteiger partial charge in [0.15, 0.2) is 0 Å². The Balaban J connectivity index is 2.12. The van der Waals surface area contributed by atoms with Gasteiger partial charge in [0.05, 0.1) is 0 Å². The molecule has 0 aromatic heterocycles. The molecular weight excluding hydrogens is 158 g/mol. The number of benzene rings is 1. The molecule has 1 nitrogen and oxygen atoms in total. The fraction of sp³-hybridized carbons (Fsp3) is 0.500. The van der Waals surface area contributed by atoms with Crippen LogP contribution in [0.3, 0.4) is 0 Å². The predicted molar refractivity (Wildman–Crippen MR) is 55.7 cm³/mol. The van der Waals surface area contributed by atoms with Crippen LogP contribution in [0.1, 0.15) is 30.4 Å². The van der Waals surface area contributed by atoms with Gasteiger partial charge in [-0.1, -0.05) is 29.8 Å². The molecule has 0 aliphatic heterocycles. The smallest absolute Gasteiger partial charge is 0.00448 e. The first-order valence-corrected chi connectivity index (χ1v) is 5.00. The number of aryl methyl sites for hydroxylation is 1. The van der Waals surface area contributed by atoms with E-state index in [1.165, 1.54) is 17.5 Å². The molecule has 0 bridgehead atoms. The SMILES string of the molecule is Cc1cccc([C@@H]2C[C@H]2[C@@H](C)N)c1. The largest absolute Gasteiger partial charge is 0.328 e. The lowest BCUT2D eigenvalue weighted by atomic mass is 10.0. The quantitative estimate of drug-likeness (QED) is 0.734. The number of nitrogens with two attached hydrogens (primary N) is 1. The highest BCUT2D eigenvalue weighted by Crippen LogP contribution is 2.48. The van der Waals surface area contributed by atoms with Gasteiger partial charge in [-0.15, -0.1) is 0 Å². The molecule has 1 aromatic carbocycles. The summed E-state index contributed by atoms with van der Waals surface area (Å²) in [5.41, 5.74) is 8.69. The van der Waals surface area contributed by atoms with Crippen molar-refractivity contribution in [3.05, 3.63) is 35.4 Å². The third kappa shape index (κ3) is 1.75. The summed E-state index contributed by atoms with van der Waals surface area (Å²) >= 11 is 0. The predicted octanol–water partition coefficient (Wildman–Crippen LogP) is 2.45. The van der Waals surface area contributed by atoms with E-state index >= 15 is 0 Å². The van der Waals surface area contributed by atoms with Crippen LogP contribution in [-0.4, -0.2) is 6.04 Å². The zero-order valence-corrected chi connectivity index (χ0v) is 8.33. The summed E-state index contributed by atoms with van der Waals surface area (Å²) in [5.74, 6) is 1.46. The summed E-state index contributed by atoms with van der Waals surface area (Å²) in [4.78, 5) is 0. The molecule has 13 heavy (non-hydrogen) atoms. The molecule has 0 unspecified atom stereocenters. The lowest BCUT2D eigenvalue weighted by Crippen LogP contribution is -2.17. The summed E-state index contributed by atoms with van der Waals surface area (Å²) in [6.45, 7) is 4.26. The zero-order chi connectivity index (χ0) is 9.42. The Morgan fingerprint density at radius 3 is 2.77 bits per heavy atom. The number of hydrogen-bond donors (Lipinski definition) is 1. The lowest BCUT2D eigenvalue weighted by Gasteiger charge is -2.04. The van der Waals surface area contributed by atoms with E-state index in [0.717, 1.165) is 11.8 Å². The van der Waals surface area contributed by atoms with Crippen molar-refractivity contribution in [2.24, 2.45) is 11.7 Å². The van der Waals surface area contributed by atoms with Crippen molar-refractivity contribution in [1.29, 1.82) is 0 Å². The van der Waals surface area contributed by atoms with Gasteiger partial charge in [-0.3, -0.25) is 0 Å². The van der Waals surface area contributed by atoms with E-state index in [9.17, 15) is 0 Å².